The lowest BCUT2D eigenvalue weighted by atomic mass is 9.95. The fourth-order valence-corrected chi connectivity index (χ4v) is 2.17. The van der Waals surface area contributed by atoms with Gasteiger partial charge in [0, 0.05) is 10.7 Å². The lowest BCUT2D eigenvalue weighted by molar-refractivity contribution is 0.0909. The minimum Gasteiger partial charge on any atom is -0.494 e. The van der Waals surface area contributed by atoms with Crippen LogP contribution in [0.3, 0.4) is 0 Å². The fourth-order valence-electron chi connectivity index (χ4n) is 1.04. The number of allylic oxidation sites excluding steroid dienone is 1. The molecule has 1 nitrogen and oxygen atoms in total. The van der Waals surface area contributed by atoms with E-state index in [0.717, 1.165) is 5.76 Å². The highest BCUT2D eigenvalue weighted by atomic mass is 32.2. The van der Waals surface area contributed by atoms with Crippen LogP contribution in [-0.4, -0.2) is 16.6 Å². The maximum Gasteiger partial charge on any atom is 0.107 e. The molecule has 90 valence electrons. The predicted octanol–water partition coefficient (Wildman–Crippen LogP) is 4.48. The molecule has 0 bridgehead atoms. The minimum atomic E-state index is 0.0382. The molecule has 0 spiro atoms. The molecule has 0 amide bonds. The van der Waals surface area contributed by atoms with Crippen molar-refractivity contribution in [2.24, 2.45) is 5.41 Å². The van der Waals surface area contributed by atoms with Crippen molar-refractivity contribution in [1.29, 1.82) is 0 Å². The minimum absolute atomic E-state index is 0.0382. The molecule has 0 heterocycles. The first-order valence-corrected chi connectivity index (χ1v) is 6.60. The molecule has 2 unspecified atom stereocenters. The highest BCUT2D eigenvalue weighted by Crippen LogP contribution is 2.29. The Kier molecular flexibility index (Phi) is 5.79. The Morgan fingerprint density at radius 3 is 1.93 bits per heavy atom. The molecule has 0 aromatic carbocycles. The van der Waals surface area contributed by atoms with E-state index in [4.69, 9.17) is 4.74 Å². The van der Waals surface area contributed by atoms with Gasteiger partial charge < -0.3 is 4.74 Å². The molecule has 15 heavy (non-hydrogen) atoms. The summed E-state index contributed by atoms with van der Waals surface area (Å²) < 4.78 is 5.86. The average Bonchev–Trinajstić information content (AvgIpc) is 2.00. The van der Waals surface area contributed by atoms with Crippen molar-refractivity contribution in [3.8, 4) is 0 Å². The van der Waals surface area contributed by atoms with Gasteiger partial charge in [0.25, 0.3) is 0 Å². The Morgan fingerprint density at radius 2 is 1.60 bits per heavy atom. The van der Waals surface area contributed by atoms with Gasteiger partial charge in [-0.15, -0.1) is 0 Å². The summed E-state index contributed by atoms with van der Waals surface area (Å²) in [6, 6.07) is 0. The van der Waals surface area contributed by atoms with Crippen molar-refractivity contribution in [2.45, 2.75) is 65.1 Å². The molecule has 0 aromatic rings. The molecular formula is C13H26OS. The molecule has 2 heteroatoms. The van der Waals surface area contributed by atoms with E-state index in [1.807, 2.05) is 11.8 Å². The Hall–Kier alpha value is -0.110. The Bertz CT molecular complexity index is 203. The topological polar surface area (TPSA) is 9.23 Å². The Morgan fingerprint density at radius 1 is 1.13 bits per heavy atom. The summed E-state index contributed by atoms with van der Waals surface area (Å²) in [6.07, 6.45) is 0.226. The van der Waals surface area contributed by atoms with E-state index in [0.29, 0.717) is 10.5 Å². The second-order valence-electron chi connectivity index (χ2n) is 5.39. The van der Waals surface area contributed by atoms with Gasteiger partial charge in [0.2, 0.25) is 0 Å². The van der Waals surface area contributed by atoms with Gasteiger partial charge in [0.1, 0.15) is 6.10 Å². The molecule has 0 aliphatic heterocycles. The zero-order valence-corrected chi connectivity index (χ0v) is 12.1. The smallest absolute Gasteiger partial charge is 0.107 e. The summed E-state index contributed by atoms with van der Waals surface area (Å²) >= 11 is 1.95. The van der Waals surface area contributed by atoms with E-state index in [1.165, 1.54) is 0 Å². The molecule has 2 atom stereocenters. The molecule has 0 saturated heterocycles. The number of rotatable bonds is 5. The summed E-state index contributed by atoms with van der Waals surface area (Å²) in [4.78, 5) is 0. The predicted molar refractivity (Wildman–Crippen MR) is 71.3 cm³/mol. The molecule has 0 fully saturated rings. The van der Waals surface area contributed by atoms with Crippen LogP contribution in [0.4, 0.5) is 0 Å². The summed E-state index contributed by atoms with van der Waals surface area (Å²) in [5.74, 6) is 0.881. The first-order chi connectivity index (χ1) is 6.64. The van der Waals surface area contributed by atoms with Crippen LogP contribution < -0.4 is 0 Å². The van der Waals surface area contributed by atoms with Gasteiger partial charge in [0.15, 0.2) is 0 Å². The summed E-state index contributed by atoms with van der Waals surface area (Å²) in [5, 5.41) is 1.15. The largest absolute Gasteiger partial charge is 0.494 e. The second-order valence-corrected chi connectivity index (χ2v) is 7.34. The van der Waals surface area contributed by atoms with Crippen LogP contribution in [0.15, 0.2) is 12.3 Å². The van der Waals surface area contributed by atoms with Crippen molar-refractivity contribution >= 4 is 11.8 Å². The van der Waals surface area contributed by atoms with Crippen molar-refractivity contribution in [2.75, 3.05) is 0 Å². The maximum atomic E-state index is 5.86. The standard InChI is InChI=1S/C13H26OS/c1-9(2)15-11(4)10(3)14-12(5)13(6,7)8/h9-11H,5H2,1-4,6-8H3. The van der Waals surface area contributed by atoms with Crippen LogP contribution in [0.25, 0.3) is 0 Å². The van der Waals surface area contributed by atoms with Crippen LogP contribution >= 0.6 is 11.8 Å². The number of ether oxygens (including phenoxy) is 1. The Labute approximate surface area is 99.7 Å². The first-order valence-electron chi connectivity index (χ1n) is 5.66. The summed E-state index contributed by atoms with van der Waals surface area (Å²) in [7, 11) is 0. The molecule has 0 N–H and O–H groups in total. The van der Waals surface area contributed by atoms with Crippen molar-refractivity contribution in [3.63, 3.8) is 0 Å². The zero-order valence-electron chi connectivity index (χ0n) is 11.3. The molecule has 0 aromatic heterocycles. The molecule has 0 aliphatic carbocycles. The molecule has 0 saturated carbocycles. The van der Waals surface area contributed by atoms with E-state index < -0.39 is 0 Å². The van der Waals surface area contributed by atoms with Crippen molar-refractivity contribution in [3.05, 3.63) is 12.3 Å². The van der Waals surface area contributed by atoms with Crippen molar-refractivity contribution in [1.82, 2.24) is 0 Å². The van der Waals surface area contributed by atoms with E-state index >= 15 is 0 Å². The van der Waals surface area contributed by atoms with Crippen molar-refractivity contribution < 1.29 is 4.74 Å². The lowest BCUT2D eigenvalue weighted by Gasteiger charge is -2.29. The Balaban J connectivity index is 4.13. The number of thioether (sulfide) groups is 1. The highest BCUT2D eigenvalue weighted by molar-refractivity contribution is 8.00. The molecule has 0 rings (SSSR count). The molecule has 0 aliphatic rings. The van der Waals surface area contributed by atoms with Gasteiger partial charge in [-0.2, -0.15) is 11.8 Å². The van der Waals surface area contributed by atoms with E-state index in [-0.39, 0.29) is 11.5 Å². The van der Waals surface area contributed by atoms with Gasteiger partial charge in [-0.05, 0) is 19.1 Å². The van der Waals surface area contributed by atoms with E-state index in [1.54, 1.807) is 0 Å². The van der Waals surface area contributed by atoms with Crippen LogP contribution in [0.5, 0.6) is 0 Å². The average molecular weight is 230 g/mol. The first kappa shape index (κ1) is 14.9. The van der Waals surface area contributed by atoms with Gasteiger partial charge in [0.05, 0.1) is 5.76 Å². The summed E-state index contributed by atoms with van der Waals surface area (Å²) in [6.45, 7) is 19.1. The number of hydrogen-bond acceptors (Lipinski definition) is 2. The SMILES string of the molecule is C=C(OC(C)C(C)SC(C)C)C(C)(C)C. The van der Waals surface area contributed by atoms with Crippen LogP contribution in [0, 0.1) is 5.41 Å². The third-order valence-corrected chi connectivity index (χ3v) is 3.67. The lowest BCUT2D eigenvalue weighted by Crippen LogP contribution is -2.25. The van der Waals surface area contributed by atoms with Gasteiger partial charge >= 0.3 is 0 Å². The maximum absolute atomic E-state index is 5.86. The third-order valence-electron chi connectivity index (χ3n) is 2.31. The monoisotopic (exact) mass is 230 g/mol. The van der Waals surface area contributed by atoms with E-state index in [9.17, 15) is 0 Å². The zero-order chi connectivity index (χ0) is 12.2. The van der Waals surface area contributed by atoms with Gasteiger partial charge in [-0.1, -0.05) is 41.2 Å². The molecular weight excluding hydrogens is 204 g/mol. The van der Waals surface area contributed by atoms with Gasteiger partial charge in [-0.25, -0.2) is 0 Å². The van der Waals surface area contributed by atoms with Crippen LogP contribution in [0.2, 0.25) is 0 Å². The summed E-state index contributed by atoms with van der Waals surface area (Å²) in [5.41, 5.74) is 0.0382. The van der Waals surface area contributed by atoms with E-state index in [2.05, 4.69) is 55.0 Å². The highest BCUT2D eigenvalue weighted by Gasteiger charge is 2.22. The third kappa shape index (κ3) is 6.14. The van der Waals surface area contributed by atoms with Crippen LogP contribution in [-0.2, 0) is 4.74 Å². The quantitative estimate of drug-likeness (QED) is 0.644. The second kappa shape index (κ2) is 5.83. The fraction of sp³-hybridized carbons (Fsp3) is 0.846. The number of hydrogen-bond donors (Lipinski definition) is 0. The molecule has 0 radical (unpaired) electrons. The van der Waals surface area contributed by atoms with Gasteiger partial charge in [-0.3, -0.25) is 0 Å². The normalized spacial score (nSPS) is 16.3. The van der Waals surface area contributed by atoms with Crippen LogP contribution in [0.1, 0.15) is 48.5 Å².